The second kappa shape index (κ2) is 6.37. The summed E-state index contributed by atoms with van der Waals surface area (Å²) in [7, 11) is 0. The molecule has 3 aromatic rings. The molecule has 2 N–H and O–H groups in total. The first-order chi connectivity index (χ1) is 12.1. The Morgan fingerprint density at radius 1 is 1.40 bits per heavy atom. The molecule has 3 heterocycles. The van der Waals surface area contributed by atoms with Crippen LogP contribution in [-0.4, -0.2) is 33.9 Å². The number of aryl methyl sites for hydroxylation is 2. The average molecular weight is 338 g/mol. The van der Waals surface area contributed by atoms with Gasteiger partial charge in [-0.3, -0.25) is 9.48 Å². The van der Waals surface area contributed by atoms with Gasteiger partial charge in [0.05, 0.1) is 23.9 Å². The van der Waals surface area contributed by atoms with Gasteiger partial charge >= 0.3 is 0 Å². The molecular weight excluding hydrogens is 316 g/mol. The van der Waals surface area contributed by atoms with Crippen LogP contribution in [0.5, 0.6) is 0 Å². The summed E-state index contributed by atoms with van der Waals surface area (Å²) in [4.78, 5) is 15.8. The summed E-state index contributed by atoms with van der Waals surface area (Å²) in [6, 6.07) is 8.53. The van der Waals surface area contributed by atoms with Gasteiger partial charge in [0.2, 0.25) is 0 Å². The first-order valence-corrected chi connectivity index (χ1v) is 8.60. The maximum Gasteiger partial charge on any atom is 0.255 e. The average Bonchev–Trinajstić information content (AvgIpc) is 3.30. The number of aromatic nitrogens is 3. The van der Waals surface area contributed by atoms with Crippen molar-refractivity contribution in [3.63, 3.8) is 0 Å². The van der Waals surface area contributed by atoms with Crippen LogP contribution in [-0.2, 0) is 11.3 Å². The van der Waals surface area contributed by atoms with Gasteiger partial charge in [0.15, 0.2) is 0 Å². The summed E-state index contributed by atoms with van der Waals surface area (Å²) in [5.74, 6) is -0.0898. The molecule has 6 nitrogen and oxygen atoms in total. The molecule has 6 heteroatoms. The van der Waals surface area contributed by atoms with E-state index in [1.807, 2.05) is 36.9 Å². The van der Waals surface area contributed by atoms with Crippen LogP contribution >= 0.6 is 0 Å². The zero-order valence-electron chi connectivity index (χ0n) is 14.5. The molecule has 25 heavy (non-hydrogen) atoms. The van der Waals surface area contributed by atoms with Crippen LogP contribution in [0.1, 0.15) is 39.8 Å². The molecule has 4 rings (SSSR count). The van der Waals surface area contributed by atoms with E-state index in [2.05, 4.69) is 27.5 Å². The van der Waals surface area contributed by atoms with Crippen LogP contribution in [0.25, 0.3) is 10.9 Å². The highest BCUT2D eigenvalue weighted by molar-refractivity contribution is 5.95. The minimum Gasteiger partial charge on any atom is -0.379 e. The Morgan fingerprint density at radius 3 is 3.08 bits per heavy atom. The molecule has 0 aliphatic carbocycles. The smallest absolute Gasteiger partial charge is 0.255 e. The third kappa shape index (κ3) is 3.17. The number of fused-ring (bicyclic) bond motifs is 1. The highest BCUT2D eigenvalue weighted by Crippen LogP contribution is 2.20. The van der Waals surface area contributed by atoms with Gasteiger partial charge in [-0.2, -0.15) is 5.10 Å². The molecule has 130 valence electrons. The van der Waals surface area contributed by atoms with Crippen molar-refractivity contribution in [1.82, 2.24) is 20.1 Å². The summed E-state index contributed by atoms with van der Waals surface area (Å²) >= 11 is 0. The van der Waals surface area contributed by atoms with Crippen LogP contribution in [0, 0.1) is 13.8 Å². The quantitative estimate of drug-likeness (QED) is 0.768. The van der Waals surface area contributed by atoms with Crippen LogP contribution in [0.15, 0.2) is 30.5 Å². The largest absolute Gasteiger partial charge is 0.379 e. The Kier molecular flexibility index (Phi) is 4.05. The molecule has 0 radical (unpaired) electrons. The van der Waals surface area contributed by atoms with Crippen LogP contribution in [0.3, 0.4) is 0 Å². The highest BCUT2D eigenvalue weighted by atomic mass is 16.5. The number of amides is 1. The van der Waals surface area contributed by atoms with E-state index in [1.54, 1.807) is 0 Å². The molecular formula is C19H22N4O2. The van der Waals surface area contributed by atoms with E-state index >= 15 is 0 Å². The van der Waals surface area contributed by atoms with Crippen molar-refractivity contribution < 1.29 is 9.53 Å². The second-order valence-corrected chi connectivity index (χ2v) is 6.68. The summed E-state index contributed by atoms with van der Waals surface area (Å²) in [5.41, 5.74) is 4.71. The zero-order valence-corrected chi connectivity index (χ0v) is 14.5. The number of ether oxygens (including phenoxy) is 1. The fourth-order valence-electron chi connectivity index (χ4n) is 3.34. The summed E-state index contributed by atoms with van der Waals surface area (Å²) < 4.78 is 7.27. The van der Waals surface area contributed by atoms with Crippen molar-refractivity contribution in [3.05, 3.63) is 53.0 Å². The Labute approximate surface area is 146 Å². The number of hydrogen-bond donors (Lipinski definition) is 2. The van der Waals surface area contributed by atoms with E-state index in [0.29, 0.717) is 18.7 Å². The number of rotatable bonds is 4. The summed E-state index contributed by atoms with van der Waals surface area (Å²) in [5, 5.41) is 8.64. The van der Waals surface area contributed by atoms with Crippen molar-refractivity contribution in [2.24, 2.45) is 0 Å². The van der Waals surface area contributed by atoms with Gasteiger partial charge in [-0.15, -0.1) is 0 Å². The molecule has 0 bridgehead atoms. The fraction of sp³-hybridized carbons (Fsp3) is 0.368. The van der Waals surface area contributed by atoms with Crippen molar-refractivity contribution >= 4 is 16.8 Å². The first-order valence-electron chi connectivity index (χ1n) is 8.60. The monoisotopic (exact) mass is 338 g/mol. The number of H-pyrrole nitrogens is 1. The number of benzene rings is 1. The predicted octanol–water partition coefficient (Wildman–Crippen LogP) is 2.87. The Hall–Kier alpha value is -2.60. The molecule has 1 saturated heterocycles. The Bertz CT molecular complexity index is 919. The molecule has 0 spiro atoms. The van der Waals surface area contributed by atoms with Gasteiger partial charge in [-0.25, -0.2) is 0 Å². The van der Waals surface area contributed by atoms with Crippen LogP contribution < -0.4 is 5.32 Å². The van der Waals surface area contributed by atoms with E-state index in [4.69, 9.17) is 4.74 Å². The van der Waals surface area contributed by atoms with E-state index in [1.165, 1.54) is 0 Å². The lowest BCUT2D eigenvalue weighted by Crippen LogP contribution is -2.23. The fourth-order valence-corrected chi connectivity index (χ4v) is 3.34. The van der Waals surface area contributed by atoms with Gasteiger partial charge < -0.3 is 15.0 Å². The number of aromatic amines is 1. The lowest BCUT2D eigenvalue weighted by Gasteiger charge is -2.07. The SMILES string of the molecule is Cc1cc2cc(CNC(=O)c3cn([C@@H]4CCOC4)nc3C)ccc2[nH]1. The summed E-state index contributed by atoms with van der Waals surface area (Å²) in [6.45, 7) is 5.83. The van der Waals surface area contributed by atoms with Crippen LogP contribution in [0.4, 0.5) is 0 Å². The van der Waals surface area contributed by atoms with Crippen molar-refractivity contribution in [2.45, 2.75) is 32.9 Å². The standard InChI is InChI=1S/C19H22N4O2/c1-12-7-15-8-14(3-4-18(15)21-12)9-20-19(24)17-10-23(22-13(17)2)16-5-6-25-11-16/h3-4,7-8,10,16,21H,5-6,9,11H2,1-2H3,(H,20,24)/t16-/m1/s1. The third-order valence-electron chi connectivity index (χ3n) is 4.71. The highest BCUT2D eigenvalue weighted by Gasteiger charge is 2.21. The number of carbonyl (C=O) groups excluding carboxylic acids is 1. The van der Waals surface area contributed by atoms with E-state index < -0.39 is 0 Å². The Balaban J connectivity index is 1.45. The number of nitrogens with one attached hydrogen (secondary N) is 2. The second-order valence-electron chi connectivity index (χ2n) is 6.68. The van der Waals surface area contributed by atoms with Gasteiger partial charge in [0.25, 0.3) is 5.91 Å². The van der Waals surface area contributed by atoms with Crippen molar-refractivity contribution in [3.8, 4) is 0 Å². The van der Waals surface area contributed by atoms with Crippen molar-refractivity contribution in [1.29, 1.82) is 0 Å². The van der Waals surface area contributed by atoms with Gasteiger partial charge in [-0.05, 0) is 49.4 Å². The minimum atomic E-state index is -0.0898. The Morgan fingerprint density at radius 2 is 2.28 bits per heavy atom. The van der Waals surface area contributed by atoms with Crippen molar-refractivity contribution in [2.75, 3.05) is 13.2 Å². The maximum absolute atomic E-state index is 12.5. The lowest BCUT2D eigenvalue weighted by molar-refractivity contribution is 0.0950. The zero-order chi connectivity index (χ0) is 17.4. The minimum absolute atomic E-state index is 0.0898. The lowest BCUT2D eigenvalue weighted by atomic mass is 10.1. The normalized spacial score (nSPS) is 17.3. The first kappa shape index (κ1) is 15.9. The van der Waals surface area contributed by atoms with E-state index in [-0.39, 0.29) is 11.9 Å². The topological polar surface area (TPSA) is 71.9 Å². The predicted molar refractivity (Wildman–Crippen MR) is 95.6 cm³/mol. The molecule has 1 aromatic carbocycles. The molecule has 0 unspecified atom stereocenters. The maximum atomic E-state index is 12.5. The molecule has 1 fully saturated rings. The number of hydrogen-bond acceptors (Lipinski definition) is 3. The van der Waals surface area contributed by atoms with Gasteiger partial charge in [0, 0.05) is 30.6 Å². The molecule has 1 amide bonds. The third-order valence-corrected chi connectivity index (χ3v) is 4.71. The van der Waals surface area contributed by atoms with E-state index in [9.17, 15) is 4.79 Å². The molecule has 1 atom stereocenters. The van der Waals surface area contributed by atoms with Gasteiger partial charge in [0.1, 0.15) is 0 Å². The summed E-state index contributed by atoms with van der Waals surface area (Å²) in [6.07, 6.45) is 2.78. The number of nitrogens with zero attached hydrogens (tertiary/aromatic N) is 2. The van der Waals surface area contributed by atoms with Gasteiger partial charge in [-0.1, -0.05) is 6.07 Å². The molecule has 2 aromatic heterocycles. The number of carbonyl (C=O) groups is 1. The van der Waals surface area contributed by atoms with E-state index in [0.717, 1.165) is 40.9 Å². The van der Waals surface area contributed by atoms with Crippen LogP contribution in [0.2, 0.25) is 0 Å². The molecule has 1 aliphatic heterocycles. The molecule has 0 saturated carbocycles. The molecule has 1 aliphatic rings.